The van der Waals surface area contributed by atoms with Crippen molar-refractivity contribution in [3.8, 4) is 0 Å². The van der Waals surface area contributed by atoms with Crippen LogP contribution in [0.1, 0.15) is 39.5 Å². The first-order valence-corrected chi connectivity index (χ1v) is 8.25. The Hall–Kier alpha value is -0.0600. The van der Waals surface area contributed by atoms with Crippen LogP contribution >= 0.6 is 11.8 Å². The first-order valence-electron chi connectivity index (χ1n) is 7.09. The molecule has 3 nitrogen and oxygen atoms in total. The molecule has 0 radical (unpaired) electrons. The Morgan fingerprint density at radius 3 is 3.06 bits per heavy atom. The molecule has 2 saturated heterocycles. The highest BCUT2D eigenvalue weighted by atomic mass is 32.2. The summed E-state index contributed by atoms with van der Waals surface area (Å²) in [5, 5.41) is 3.32. The Labute approximate surface area is 114 Å². The summed E-state index contributed by atoms with van der Waals surface area (Å²) >= 11 is 1.97. The number of Topliss-reactive ketones (excluding diaryl/α,β-unsaturated/α-hetero) is 1. The van der Waals surface area contributed by atoms with E-state index in [1.165, 1.54) is 5.75 Å². The summed E-state index contributed by atoms with van der Waals surface area (Å²) in [5.74, 6) is 2.95. The van der Waals surface area contributed by atoms with Crippen molar-refractivity contribution in [1.82, 2.24) is 5.32 Å². The SMILES string of the molecule is CC(C)NCCC(=O)C1CCOC2(CCSC2)C1. The van der Waals surface area contributed by atoms with Gasteiger partial charge in [0.2, 0.25) is 0 Å². The van der Waals surface area contributed by atoms with Gasteiger partial charge in [-0.25, -0.2) is 0 Å². The number of thioether (sulfide) groups is 1. The molecule has 0 aliphatic carbocycles. The van der Waals surface area contributed by atoms with Crippen molar-refractivity contribution in [3.05, 3.63) is 0 Å². The van der Waals surface area contributed by atoms with E-state index in [1.807, 2.05) is 11.8 Å². The van der Waals surface area contributed by atoms with Crippen LogP contribution in [0.4, 0.5) is 0 Å². The van der Waals surface area contributed by atoms with E-state index in [2.05, 4.69) is 19.2 Å². The van der Waals surface area contributed by atoms with Gasteiger partial charge in [-0.1, -0.05) is 13.8 Å². The molecule has 2 heterocycles. The van der Waals surface area contributed by atoms with Crippen molar-refractivity contribution in [3.63, 3.8) is 0 Å². The standard InChI is InChI=1S/C14H25NO2S/c1-11(2)15-6-3-13(16)12-4-7-17-14(9-12)5-8-18-10-14/h11-12,15H,3-10H2,1-2H3. The Balaban J connectivity index is 1.79. The summed E-state index contributed by atoms with van der Waals surface area (Å²) in [4.78, 5) is 12.2. The topological polar surface area (TPSA) is 38.3 Å². The molecule has 4 heteroatoms. The van der Waals surface area contributed by atoms with Crippen molar-refractivity contribution < 1.29 is 9.53 Å². The second-order valence-corrected chi connectivity index (χ2v) is 6.95. The normalized spacial score (nSPS) is 32.3. The number of rotatable bonds is 5. The zero-order valence-electron chi connectivity index (χ0n) is 11.5. The van der Waals surface area contributed by atoms with Gasteiger partial charge in [0.25, 0.3) is 0 Å². The number of carbonyl (C=O) groups excluding carboxylic acids is 1. The molecule has 2 aliphatic heterocycles. The van der Waals surface area contributed by atoms with Crippen molar-refractivity contribution in [2.24, 2.45) is 5.92 Å². The molecule has 2 aliphatic rings. The van der Waals surface area contributed by atoms with Crippen LogP contribution < -0.4 is 5.32 Å². The van der Waals surface area contributed by atoms with E-state index in [-0.39, 0.29) is 11.5 Å². The minimum absolute atomic E-state index is 0.0364. The fourth-order valence-electron chi connectivity index (χ4n) is 2.85. The van der Waals surface area contributed by atoms with Gasteiger partial charge in [0, 0.05) is 37.3 Å². The van der Waals surface area contributed by atoms with Crippen LogP contribution in [0.15, 0.2) is 0 Å². The van der Waals surface area contributed by atoms with Gasteiger partial charge in [-0.2, -0.15) is 11.8 Å². The van der Waals surface area contributed by atoms with Crippen LogP contribution in [0.2, 0.25) is 0 Å². The lowest BCUT2D eigenvalue weighted by Gasteiger charge is -2.37. The number of ether oxygens (including phenoxy) is 1. The number of hydrogen-bond donors (Lipinski definition) is 1. The van der Waals surface area contributed by atoms with Gasteiger partial charge in [-0.3, -0.25) is 4.79 Å². The largest absolute Gasteiger partial charge is 0.374 e. The van der Waals surface area contributed by atoms with Crippen molar-refractivity contribution >= 4 is 17.5 Å². The van der Waals surface area contributed by atoms with E-state index < -0.39 is 0 Å². The zero-order chi connectivity index (χ0) is 13.0. The molecular formula is C14H25NO2S. The fourth-order valence-corrected chi connectivity index (χ4v) is 4.23. The predicted octanol–water partition coefficient (Wildman–Crippen LogP) is 2.25. The second kappa shape index (κ2) is 6.40. The zero-order valence-corrected chi connectivity index (χ0v) is 12.4. The van der Waals surface area contributed by atoms with Crippen LogP contribution in [0.3, 0.4) is 0 Å². The van der Waals surface area contributed by atoms with E-state index in [9.17, 15) is 4.79 Å². The lowest BCUT2D eigenvalue weighted by molar-refractivity contribution is -0.133. The summed E-state index contributed by atoms with van der Waals surface area (Å²) in [6.45, 7) is 5.82. The molecule has 104 valence electrons. The molecule has 2 atom stereocenters. The van der Waals surface area contributed by atoms with E-state index in [1.54, 1.807) is 0 Å². The van der Waals surface area contributed by atoms with Crippen molar-refractivity contribution in [2.45, 2.75) is 51.2 Å². The molecule has 0 aromatic carbocycles. The van der Waals surface area contributed by atoms with Crippen LogP contribution in [-0.4, -0.2) is 42.1 Å². The third-order valence-electron chi connectivity index (χ3n) is 3.94. The number of nitrogens with one attached hydrogen (secondary N) is 1. The molecule has 0 bridgehead atoms. The third-order valence-corrected chi connectivity index (χ3v) is 5.16. The smallest absolute Gasteiger partial charge is 0.137 e. The highest BCUT2D eigenvalue weighted by molar-refractivity contribution is 7.99. The van der Waals surface area contributed by atoms with Gasteiger partial charge < -0.3 is 10.1 Å². The van der Waals surface area contributed by atoms with Crippen molar-refractivity contribution in [1.29, 1.82) is 0 Å². The summed E-state index contributed by atoms with van der Waals surface area (Å²) in [7, 11) is 0. The lowest BCUT2D eigenvalue weighted by Crippen LogP contribution is -2.42. The van der Waals surface area contributed by atoms with Gasteiger partial charge in [0.05, 0.1) is 5.60 Å². The maximum Gasteiger partial charge on any atom is 0.137 e. The van der Waals surface area contributed by atoms with E-state index in [0.29, 0.717) is 18.2 Å². The van der Waals surface area contributed by atoms with E-state index >= 15 is 0 Å². The predicted molar refractivity (Wildman–Crippen MR) is 76.1 cm³/mol. The van der Waals surface area contributed by atoms with Crippen LogP contribution in [0.25, 0.3) is 0 Å². The maximum absolute atomic E-state index is 12.2. The molecule has 0 aromatic rings. The second-order valence-electron chi connectivity index (χ2n) is 5.85. The van der Waals surface area contributed by atoms with Crippen LogP contribution in [0, 0.1) is 5.92 Å². The number of carbonyl (C=O) groups is 1. The van der Waals surface area contributed by atoms with Gasteiger partial charge in [0.1, 0.15) is 5.78 Å². The molecule has 18 heavy (non-hydrogen) atoms. The molecule has 2 fully saturated rings. The summed E-state index contributed by atoms with van der Waals surface area (Å²) in [5.41, 5.74) is 0.0364. The van der Waals surface area contributed by atoms with E-state index in [4.69, 9.17) is 4.74 Å². The maximum atomic E-state index is 12.2. The van der Waals surface area contributed by atoms with Gasteiger partial charge >= 0.3 is 0 Å². The van der Waals surface area contributed by atoms with Crippen molar-refractivity contribution in [2.75, 3.05) is 24.7 Å². The van der Waals surface area contributed by atoms with Gasteiger partial charge in [0.15, 0.2) is 0 Å². The summed E-state index contributed by atoms with van der Waals surface area (Å²) in [6, 6.07) is 0.463. The fraction of sp³-hybridized carbons (Fsp3) is 0.929. The summed E-state index contributed by atoms with van der Waals surface area (Å²) < 4.78 is 5.96. The molecule has 1 N–H and O–H groups in total. The van der Waals surface area contributed by atoms with Gasteiger partial charge in [-0.15, -0.1) is 0 Å². The third kappa shape index (κ3) is 3.72. The lowest BCUT2D eigenvalue weighted by atomic mass is 9.82. The Kier molecular flexibility index (Phi) is 5.10. The summed E-state index contributed by atoms with van der Waals surface area (Å²) in [6.07, 6.45) is 3.69. The first-order chi connectivity index (χ1) is 8.61. The average molecular weight is 271 g/mol. The Bertz CT molecular complexity index is 288. The first kappa shape index (κ1) is 14.4. The molecule has 0 amide bonds. The van der Waals surface area contributed by atoms with Gasteiger partial charge in [-0.05, 0) is 25.0 Å². The molecule has 2 rings (SSSR count). The number of hydrogen-bond acceptors (Lipinski definition) is 4. The molecule has 1 spiro atoms. The Morgan fingerprint density at radius 2 is 2.39 bits per heavy atom. The number of ketones is 1. The van der Waals surface area contributed by atoms with E-state index in [0.717, 1.165) is 38.2 Å². The minimum Gasteiger partial charge on any atom is -0.374 e. The monoisotopic (exact) mass is 271 g/mol. The Morgan fingerprint density at radius 1 is 1.56 bits per heavy atom. The van der Waals surface area contributed by atoms with Crippen LogP contribution in [-0.2, 0) is 9.53 Å². The highest BCUT2D eigenvalue weighted by Crippen LogP contribution is 2.40. The van der Waals surface area contributed by atoms with Crippen LogP contribution in [0.5, 0.6) is 0 Å². The quantitative estimate of drug-likeness (QED) is 0.832. The molecule has 0 saturated carbocycles. The molecular weight excluding hydrogens is 246 g/mol. The minimum atomic E-state index is 0.0364. The highest BCUT2D eigenvalue weighted by Gasteiger charge is 2.42. The average Bonchev–Trinajstić information content (AvgIpc) is 2.76. The molecule has 0 aromatic heterocycles. The molecule has 2 unspecified atom stereocenters.